The summed E-state index contributed by atoms with van der Waals surface area (Å²) in [5.74, 6) is 1.04. The van der Waals surface area contributed by atoms with Gasteiger partial charge in [-0.1, -0.05) is 18.2 Å². The summed E-state index contributed by atoms with van der Waals surface area (Å²) in [4.78, 5) is 17.2. The van der Waals surface area contributed by atoms with Crippen molar-refractivity contribution in [1.82, 2.24) is 25.5 Å². The first-order chi connectivity index (χ1) is 14.9. The summed E-state index contributed by atoms with van der Waals surface area (Å²) in [6, 6.07) is 7.84. The maximum absolute atomic E-state index is 12.6. The monoisotopic (exact) mass is 565 g/mol. The average molecular weight is 565 g/mol. The van der Waals surface area contributed by atoms with Crippen LogP contribution in [0.25, 0.3) is 0 Å². The molecule has 0 amide bonds. The molecule has 1 saturated heterocycles. The van der Waals surface area contributed by atoms with Crippen LogP contribution in [0.15, 0.2) is 47.7 Å². The highest BCUT2D eigenvalue weighted by Crippen LogP contribution is 2.26. The molecule has 1 aromatic carbocycles. The van der Waals surface area contributed by atoms with E-state index in [9.17, 15) is 13.2 Å². The second-order valence-corrected chi connectivity index (χ2v) is 6.89. The third-order valence-corrected chi connectivity index (χ3v) is 4.80. The Morgan fingerprint density at radius 1 is 1.06 bits per heavy atom. The fraction of sp³-hybridized carbons (Fsp3) is 0.450. The Morgan fingerprint density at radius 3 is 2.41 bits per heavy atom. The van der Waals surface area contributed by atoms with E-state index in [1.54, 1.807) is 37.6 Å². The molecule has 0 unspecified atom stereocenters. The number of guanidine groups is 1. The van der Waals surface area contributed by atoms with E-state index in [0.717, 1.165) is 38.7 Å². The van der Waals surface area contributed by atoms with Crippen molar-refractivity contribution >= 4 is 35.9 Å². The second kappa shape index (κ2) is 12.6. The number of halogens is 4. The molecule has 176 valence electrons. The molecule has 2 heterocycles. The van der Waals surface area contributed by atoms with E-state index in [0.29, 0.717) is 18.1 Å². The number of aliphatic imine (C=N–C) groups is 1. The quantitative estimate of drug-likeness (QED) is 0.304. The van der Waals surface area contributed by atoms with Gasteiger partial charge in [-0.05, 0) is 12.1 Å². The molecule has 32 heavy (non-hydrogen) atoms. The first kappa shape index (κ1) is 25.9. The number of rotatable bonds is 7. The molecule has 8 nitrogen and oxygen atoms in total. The van der Waals surface area contributed by atoms with Gasteiger partial charge in [0.25, 0.3) is 0 Å². The van der Waals surface area contributed by atoms with Gasteiger partial charge in [0, 0.05) is 70.8 Å². The minimum absolute atomic E-state index is 0. The van der Waals surface area contributed by atoms with Crippen LogP contribution in [0.1, 0.15) is 5.56 Å². The van der Waals surface area contributed by atoms with Crippen LogP contribution in [0.2, 0.25) is 0 Å². The Balaban J connectivity index is 0.00000363. The predicted molar refractivity (Wildman–Crippen MR) is 127 cm³/mol. The summed E-state index contributed by atoms with van der Waals surface area (Å²) >= 11 is 0. The zero-order valence-electron chi connectivity index (χ0n) is 17.7. The molecular weight excluding hydrogens is 538 g/mol. The SMILES string of the molecule is CN=C(NCCN1CCN(c2ncccn2)CC1)NCc1ccccc1OC(F)(F)F.I. The largest absolute Gasteiger partial charge is 0.573 e. The average Bonchev–Trinajstić information content (AvgIpc) is 2.77. The lowest BCUT2D eigenvalue weighted by Gasteiger charge is -2.34. The normalized spacial score (nSPS) is 15.1. The number of piperazine rings is 1. The Bertz CT molecular complexity index is 847. The fourth-order valence-corrected chi connectivity index (χ4v) is 3.23. The van der Waals surface area contributed by atoms with Crippen LogP contribution in [-0.2, 0) is 6.54 Å². The van der Waals surface area contributed by atoms with Crippen molar-refractivity contribution in [2.75, 3.05) is 51.2 Å². The molecule has 2 N–H and O–H groups in total. The van der Waals surface area contributed by atoms with Crippen molar-refractivity contribution in [3.05, 3.63) is 48.3 Å². The summed E-state index contributed by atoms with van der Waals surface area (Å²) in [6.45, 7) is 5.13. The Hall–Kier alpha value is -2.35. The smallest absolute Gasteiger partial charge is 0.405 e. The van der Waals surface area contributed by atoms with Crippen molar-refractivity contribution in [3.8, 4) is 5.75 Å². The van der Waals surface area contributed by atoms with Gasteiger partial charge >= 0.3 is 6.36 Å². The van der Waals surface area contributed by atoms with Crippen molar-refractivity contribution in [3.63, 3.8) is 0 Å². The number of ether oxygens (including phenoxy) is 1. The van der Waals surface area contributed by atoms with Gasteiger partial charge in [-0.2, -0.15) is 0 Å². The zero-order chi connectivity index (χ0) is 22.1. The number of hydrogen-bond donors (Lipinski definition) is 2. The summed E-state index contributed by atoms with van der Waals surface area (Å²) in [5.41, 5.74) is 0.391. The van der Waals surface area contributed by atoms with Gasteiger partial charge in [-0.15, -0.1) is 37.1 Å². The lowest BCUT2D eigenvalue weighted by molar-refractivity contribution is -0.274. The van der Waals surface area contributed by atoms with Gasteiger partial charge in [0.1, 0.15) is 5.75 Å². The van der Waals surface area contributed by atoms with Crippen LogP contribution in [0.3, 0.4) is 0 Å². The van der Waals surface area contributed by atoms with Gasteiger partial charge in [-0.3, -0.25) is 9.89 Å². The third kappa shape index (κ3) is 8.30. The molecule has 0 saturated carbocycles. The molecule has 0 aliphatic carbocycles. The second-order valence-electron chi connectivity index (χ2n) is 6.89. The zero-order valence-corrected chi connectivity index (χ0v) is 20.0. The molecule has 1 fully saturated rings. The molecule has 1 aromatic heterocycles. The highest BCUT2D eigenvalue weighted by atomic mass is 127. The fourth-order valence-electron chi connectivity index (χ4n) is 3.23. The minimum Gasteiger partial charge on any atom is -0.405 e. The number of nitrogens with one attached hydrogen (secondary N) is 2. The summed E-state index contributed by atoms with van der Waals surface area (Å²) in [6.07, 6.45) is -1.25. The van der Waals surface area contributed by atoms with Crippen molar-refractivity contribution in [2.45, 2.75) is 12.9 Å². The van der Waals surface area contributed by atoms with Crippen LogP contribution in [0.4, 0.5) is 19.1 Å². The topological polar surface area (TPSA) is 77.9 Å². The Labute approximate surface area is 202 Å². The van der Waals surface area contributed by atoms with E-state index < -0.39 is 6.36 Å². The minimum atomic E-state index is -4.73. The number of para-hydroxylation sites is 1. The summed E-state index contributed by atoms with van der Waals surface area (Å²) in [7, 11) is 1.62. The maximum atomic E-state index is 12.6. The van der Waals surface area contributed by atoms with Gasteiger partial charge < -0.3 is 20.3 Å². The van der Waals surface area contributed by atoms with Crippen molar-refractivity contribution in [1.29, 1.82) is 0 Å². The highest BCUT2D eigenvalue weighted by Gasteiger charge is 2.32. The number of alkyl halides is 3. The molecule has 2 aromatic rings. The maximum Gasteiger partial charge on any atom is 0.573 e. The number of aromatic nitrogens is 2. The standard InChI is InChI=1S/C20H26F3N7O.HI/c1-24-18(28-15-16-5-2-3-6-17(16)31-20(21,22)23)25-9-10-29-11-13-30(14-12-29)19-26-7-4-8-27-19;/h2-8H,9-15H2,1H3,(H2,24,25,28);1H. The molecule has 0 bridgehead atoms. The van der Waals surface area contributed by atoms with E-state index >= 15 is 0 Å². The van der Waals surface area contributed by atoms with E-state index in [4.69, 9.17) is 0 Å². The van der Waals surface area contributed by atoms with Gasteiger partial charge in [0.15, 0.2) is 5.96 Å². The van der Waals surface area contributed by atoms with Crippen LogP contribution in [0.5, 0.6) is 5.75 Å². The lowest BCUT2D eigenvalue weighted by Crippen LogP contribution is -2.49. The number of hydrogen-bond acceptors (Lipinski definition) is 6. The highest BCUT2D eigenvalue weighted by molar-refractivity contribution is 14.0. The van der Waals surface area contributed by atoms with E-state index in [2.05, 4.69) is 40.1 Å². The van der Waals surface area contributed by atoms with Crippen LogP contribution < -0.4 is 20.3 Å². The molecule has 0 atom stereocenters. The molecule has 3 rings (SSSR count). The van der Waals surface area contributed by atoms with E-state index in [1.807, 2.05) is 0 Å². The first-order valence-electron chi connectivity index (χ1n) is 9.97. The first-order valence-corrected chi connectivity index (χ1v) is 9.97. The Kier molecular flexibility index (Phi) is 10.2. The molecule has 1 aliphatic rings. The summed E-state index contributed by atoms with van der Waals surface area (Å²) in [5, 5.41) is 6.22. The van der Waals surface area contributed by atoms with Crippen molar-refractivity contribution < 1.29 is 17.9 Å². The molecule has 0 radical (unpaired) electrons. The number of benzene rings is 1. The van der Waals surface area contributed by atoms with Crippen molar-refractivity contribution in [2.24, 2.45) is 4.99 Å². The predicted octanol–water partition coefficient (Wildman–Crippen LogP) is 2.48. The van der Waals surface area contributed by atoms with Crippen LogP contribution >= 0.6 is 24.0 Å². The van der Waals surface area contributed by atoms with Gasteiger partial charge in [0.2, 0.25) is 5.95 Å². The Morgan fingerprint density at radius 2 is 1.75 bits per heavy atom. The number of anilines is 1. The van der Waals surface area contributed by atoms with E-state index in [1.165, 1.54) is 12.1 Å². The number of nitrogens with zero attached hydrogens (tertiary/aromatic N) is 5. The van der Waals surface area contributed by atoms with Gasteiger partial charge in [0.05, 0.1) is 0 Å². The molecule has 12 heteroatoms. The van der Waals surface area contributed by atoms with Crippen LogP contribution in [-0.4, -0.2) is 73.5 Å². The lowest BCUT2D eigenvalue weighted by atomic mass is 10.2. The molecule has 0 spiro atoms. The van der Waals surface area contributed by atoms with Gasteiger partial charge in [-0.25, -0.2) is 9.97 Å². The molecule has 1 aliphatic heterocycles. The third-order valence-electron chi connectivity index (χ3n) is 4.80. The molecular formula is C20H27F3IN7O. The summed E-state index contributed by atoms with van der Waals surface area (Å²) < 4.78 is 41.8. The van der Waals surface area contributed by atoms with E-state index in [-0.39, 0.29) is 36.3 Å². The van der Waals surface area contributed by atoms with Crippen LogP contribution in [0, 0.1) is 0 Å².